The van der Waals surface area contributed by atoms with Gasteiger partial charge in [0.25, 0.3) is 5.91 Å². The summed E-state index contributed by atoms with van der Waals surface area (Å²) in [6, 6.07) is 3.36. The van der Waals surface area contributed by atoms with E-state index in [4.69, 9.17) is 11.6 Å². The zero-order valence-electron chi connectivity index (χ0n) is 12.9. The van der Waals surface area contributed by atoms with Crippen molar-refractivity contribution in [3.63, 3.8) is 0 Å². The summed E-state index contributed by atoms with van der Waals surface area (Å²) in [7, 11) is 1.50. The molecule has 122 valence electrons. The summed E-state index contributed by atoms with van der Waals surface area (Å²) in [4.78, 5) is 27.2. The lowest BCUT2D eigenvalue weighted by Gasteiger charge is -2.32. The first-order valence-electron chi connectivity index (χ1n) is 7.44. The molecule has 22 heavy (non-hydrogen) atoms. The number of urea groups is 1. The highest BCUT2D eigenvalue weighted by Crippen LogP contribution is 2.20. The normalized spacial score (nSPS) is 22.9. The molecule has 2 rings (SSSR count). The first-order valence-corrected chi connectivity index (χ1v) is 8.64. The molecule has 0 aliphatic carbocycles. The highest BCUT2D eigenvalue weighted by molar-refractivity contribution is 7.16. The molecule has 1 aromatic rings. The van der Waals surface area contributed by atoms with Gasteiger partial charge in [-0.1, -0.05) is 11.6 Å². The van der Waals surface area contributed by atoms with Gasteiger partial charge < -0.3 is 15.1 Å². The third-order valence-corrected chi connectivity index (χ3v) is 5.35. The monoisotopic (exact) mass is 346 g/mol. The van der Waals surface area contributed by atoms with Gasteiger partial charge in [-0.2, -0.15) is 0 Å². The molecule has 8 heteroatoms. The van der Waals surface area contributed by atoms with Crippen LogP contribution in [0.1, 0.15) is 11.8 Å². The second-order valence-corrected chi connectivity index (χ2v) is 7.38. The molecule has 1 atom stereocenters. The van der Waals surface area contributed by atoms with Crippen LogP contribution in [0.5, 0.6) is 0 Å². The molecule has 1 saturated heterocycles. The summed E-state index contributed by atoms with van der Waals surface area (Å²) in [5.41, 5.74) is 0. The topological polar surface area (TPSA) is 67.1 Å². The van der Waals surface area contributed by atoms with Crippen LogP contribution in [-0.4, -0.2) is 51.2 Å². The summed E-state index contributed by atoms with van der Waals surface area (Å²) >= 11 is 7.59. The highest BCUT2D eigenvalue weighted by Gasteiger charge is 2.31. The molecular weight excluding hydrogens is 324 g/mol. The van der Waals surface area contributed by atoms with Crippen LogP contribution >= 0.6 is 22.9 Å². The molecule has 6 nitrogen and oxygen atoms in total. The number of amides is 3. The number of quaternary nitrogens is 2. The molecule has 0 saturated carbocycles. The van der Waals surface area contributed by atoms with Crippen molar-refractivity contribution >= 4 is 34.9 Å². The Bertz CT molecular complexity index is 529. The summed E-state index contributed by atoms with van der Waals surface area (Å²) in [6.07, 6.45) is 0. The van der Waals surface area contributed by atoms with E-state index in [9.17, 15) is 9.59 Å². The fourth-order valence-electron chi connectivity index (χ4n) is 2.70. The van der Waals surface area contributed by atoms with Gasteiger partial charge >= 0.3 is 6.03 Å². The van der Waals surface area contributed by atoms with E-state index < -0.39 is 6.03 Å². The van der Waals surface area contributed by atoms with Gasteiger partial charge in [0.1, 0.15) is 32.7 Å². The minimum Gasteiger partial charge on any atom is -0.341 e. The minimum absolute atomic E-state index is 0.213. The average Bonchev–Trinajstić information content (AvgIpc) is 2.92. The predicted molar refractivity (Wildman–Crippen MR) is 86.5 cm³/mol. The van der Waals surface area contributed by atoms with Crippen LogP contribution in [0.3, 0.4) is 0 Å². The molecule has 0 unspecified atom stereocenters. The molecule has 0 spiro atoms. The first kappa shape index (κ1) is 17.2. The number of carbonyl (C=O) groups excluding carboxylic acids is 2. The van der Waals surface area contributed by atoms with Crippen molar-refractivity contribution in [3.05, 3.63) is 21.3 Å². The smallest absolute Gasteiger partial charge is 0.321 e. The molecule has 3 amide bonds. The number of hydrogen-bond acceptors (Lipinski definition) is 3. The Labute approximate surface area is 139 Å². The van der Waals surface area contributed by atoms with E-state index in [1.165, 1.54) is 21.7 Å². The maximum atomic E-state index is 12.0. The number of thiophene rings is 1. The van der Waals surface area contributed by atoms with E-state index >= 15 is 0 Å². The Hall–Kier alpha value is -1.15. The van der Waals surface area contributed by atoms with E-state index in [0.717, 1.165) is 37.1 Å². The van der Waals surface area contributed by atoms with Crippen molar-refractivity contribution in [2.24, 2.45) is 0 Å². The van der Waals surface area contributed by atoms with Crippen molar-refractivity contribution < 1.29 is 19.4 Å². The molecule has 1 aliphatic rings. The standard InChI is InChI=1S/C14H21ClN4O2S/c1-10(13(20)17-14(21)16-2)19-7-5-18(6-8-19)9-11-3-4-12(15)22-11/h3-4,10H,5-9H2,1-2H3,(H2,16,17,20,21)/p+2/t10-/m0/s1. The largest absolute Gasteiger partial charge is 0.341 e. The Kier molecular flexibility index (Phi) is 6.19. The summed E-state index contributed by atoms with van der Waals surface area (Å²) < 4.78 is 0.832. The maximum absolute atomic E-state index is 12.0. The fourth-order valence-corrected chi connectivity index (χ4v) is 3.85. The van der Waals surface area contributed by atoms with Crippen LogP contribution in [0, 0.1) is 0 Å². The van der Waals surface area contributed by atoms with Gasteiger partial charge in [0.05, 0.1) is 9.21 Å². The van der Waals surface area contributed by atoms with Crippen LogP contribution in [0.25, 0.3) is 0 Å². The van der Waals surface area contributed by atoms with Crippen molar-refractivity contribution in [1.82, 2.24) is 10.6 Å². The van der Waals surface area contributed by atoms with Crippen molar-refractivity contribution in [1.29, 1.82) is 0 Å². The molecular formula is C14H23ClN4O2S+2. The van der Waals surface area contributed by atoms with E-state index in [0.29, 0.717) is 0 Å². The summed E-state index contributed by atoms with van der Waals surface area (Å²) in [5.74, 6) is -0.220. The molecule has 2 heterocycles. The Morgan fingerprint density at radius 2 is 2.00 bits per heavy atom. The number of hydrogen-bond donors (Lipinski definition) is 4. The zero-order valence-corrected chi connectivity index (χ0v) is 14.4. The Balaban J connectivity index is 1.78. The second kappa shape index (κ2) is 7.92. The van der Waals surface area contributed by atoms with Crippen molar-refractivity contribution in [2.75, 3.05) is 33.2 Å². The Morgan fingerprint density at radius 3 is 2.55 bits per heavy atom. The highest BCUT2D eigenvalue weighted by atomic mass is 35.5. The fraction of sp³-hybridized carbons (Fsp3) is 0.571. The van der Waals surface area contributed by atoms with Gasteiger partial charge in [-0.15, -0.1) is 11.3 Å². The average molecular weight is 347 g/mol. The number of imide groups is 1. The molecule has 1 fully saturated rings. The van der Waals surface area contributed by atoms with E-state index in [-0.39, 0.29) is 11.9 Å². The van der Waals surface area contributed by atoms with Gasteiger partial charge in [0, 0.05) is 7.05 Å². The summed E-state index contributed by atoms with van der Waals surface area (Å²) in [6.45, 7) is 6.75. The molecule has 0 aromatic carbocycles. The molecule has 1 aliphatic heterocycles. The van der Waals surface area contributed by atoms with E-state index in [1.54, 1.807) is 11.3 Å². The van der Waals surface area contributed by atoms with Crippen LogP contribution in [0.15, 0.2) is 12.1 Å². The third kappa shape index (κ3) is 4.67. The first-order chi connectivity index (χ1) is 10.5. The molecule has 4 N–H and O–H groups in total. The molecule has 0 bridgehead atoms. The van der Waals surface area contributed by atoms with Crippen LogP contribution < -0.4 is 20.4 Å². The number of rotatable bonds is 4. The number of halogens is 1. The van der Waals surface area contributed by atoms with Crippen molar-refractivity contribution in [3.8, 4) is 0 Å². The number of carbonyl (C=O) groups is 2. The Morgan fingerprint density at radius 1 is 1.32 bits per heavy atom. The van der Waals surface area contributed by atoms with Gasteiger partial charge in [0.15, 0.2) is 6.04 Å². The molecule has 0 radical (unpaired) electrons. The zero-order chi connectivity index (χ0) is 16.1. The quantitative estimate of drug-likeness (QED) is 0.538. The second-order valence-electron chi connectivity index (χ2n) is 5.58. The van der Waals surface area contributed by atoms with Crippen LogP contribution in [0.2, 0.25) is 4.34 Å². The number of piperazine rings is 1. The summed E-state index contributed by atoms with van der Waals surface area (Å²) in [5, 5.41) is 4.75. The van der Waals surface area contributed by atoms with Crippen molar-refractivity contribution in [2.45, 2.75) is 19.5 Å². The van der Waals surface area contributed by atoms with Crippen LogP contribution in [0.4, 0.5) is 4.79 Å². The molecule has 1 aromatic heterocycles. The number of nitrogens with one attached hydrogen (secondary N) is 4. The third-order valence-electron chi connectivity index (χ3n) is 4.12. The maximum Gasteiger partial charge on any atom is 0.321 e. The van der Waals surface area contributed by atoms with Crippen LogP contribution in [-0.2, 0) is 11.3 Å². The van der Waals surface area contributed by atoms with Gasteiger partial charge in [0.2, 0.25) is 0 Å². The van der Waals surface area contributed by atoms with E-state index in [2.05, 4.69) is 16.7 Å². The predicted octanol–water partition coefficient (Wildman–Crippen LogP) is -1.47. The van der Waals surface area contributed by atoms with Gasteiger partial charge in [-0.25, -0.2) is 4.79 Å². The van der Waals surface area contributed by atoms with Gasteiger partial charge in [-0.05, 0) is 19.1 Å². The lowest BCUT2D eigenvalue weighted by molar-refractivity contribution is -1.02. The lowest BCUT2D eigenvalue weighted by Crippen LogP contribution is -3.29. The van der Waals surface area contributed by atoms with E-state index in [1.807, 2.05) is 13.0 Å². The minimum atomic E-state index is -0.449. The SMILES string of the molecule is CNC(=O)NC(=O)[C@H](C)[NH+]1CC[NH+](Cc2ccc(Cl)s2)CC1. The lowest BCUT2D eigenvalue weighted by atomic mass is 10.2. The van der Waals surface area contributed by atoms with Gasteiger partial charge in [-0.3, -0.25) is 10.1 Å².